The van der Waals surface area contributed by atoms with Gasteiger partial charge in [0, 0.05) is 16.0 Å². The first-order valence-corrected chi connectivity index (χ1v) is 10.6. The highest BCUT2D eigenvalue weighted by molar-refractivity contribution is 8.04. The zero-order valence-electron chi connectivity index (χ0n) is 16.2. The number of halogens is 2. The molecule has 0 amide bonds. The molecule has 0 bridgehead atoms. The molecular weight excluding hydrogens is 431 g/mol. The van der Waals surface area contributed by atoms with E-state index in [2.05, 4.69) is 0 Å². The first-order valence-electron chi connectivity index (χ1n) is 9.01. The van der Waals surface area contributed by atoms with Gasteiger partial charge < -0.3 is 14.9 Å². The molecule has 2 N–H and O–H groups in total. The molecule has 2 aromatic rings. The van der Waals surface area contributed by atoms with Crippen LogP contribution in [0.2, 0.25) is 10.0 Å². The van der Waals surface area contributed by atoms with E-state index in [0.29, 0.717) is 26.1 Å². The van der Waals surface area contributed by atoms with Gasteiger partial charge in [0.2, 0.25) is 0 Å². The van der Waals surface area contributed by atoms with Crippen LogP contribution in [0.4, 0.5) is 0 Å². The molecule has 1 heterocycles. The van der Waals surface area contributed by atoms with Crippen LogP contribution >= 0.6 is 35.0 Å². The second kappa shape index (κ2) is 8.32. The van der Waals surface area contributed by atoms with E-state index in [4.69, 9.17) is 27.9 Å². The van der Waals surface area contributed by atoms with Gasteiger partial charge in [-0.05, 0) is 49.2 Å². The summed E-state index contributed by atoms with van der Waals surface area (Å²) in [5.41, 5.74) is -1.46. The minimum atomic E-state index is -1.37. The number of methoxy groups -OCH3 is 1. The van der Waals surface area contributed by atoms with Crippen molar-refractivity contribution in [1.29, 1.82) is 0 Å². The van der Waals surface area contributed by atoms with Crippen LogP contribution in [0.3, 0.4) is 0 Å². The fraction of sp³-hybridized carbons (Fsp3) is 0.318. The molecule has 0 fully saturated rings. The van der Waals surface area contributed by atoms with Crippen LogP contribution in [0.1, 0.15) is 25.0 Å². The predicted octanol–water partition coefficient (Wildman–Crippen LogP) is 4.90. The average Bonchev–Trinajstić information content (AvgIpc) is 3.15. The maximum atomic E-state index is 12.2. The zero-order valence-corrected chi connectivity index (χ0v) is 18.6. The molecule has 29 heavy (non-hydrogen) atoms. The summed E-state index contributed by atoms with van der Waals surface area (Å²) in [7, 11) is 1.31. The normalized spacial score (nSPS) is 23.1. The van der Waals surface area contributed by atoms with Crippen molar-refractivity contribution in [1.82, 2.24) is 0 Å². The van der Waals surface area contributed by atoms with Crippen molar-refractivity contribution in [2.75, 3.05) is 7.11 Å². The van der Waals surface area contributed by atoms with Crippen molar-refractivity contribution in [3.8, 4) is 0 Å². The predicted molar refractivity (Wildman–Crippen MR) is 117 cm³/mol. The van der Waals surface area contributed by atoms with Crippen LogP contribution in [0.5, 0.6) is 0 Å². The topological polar surface area (TPSA) is 66.8 Å². The van der Waals surface area contributed by atoms with Gasteiger partial charge in [0.05, 0.1) is 28.5 Å². The van der Waals surface area contributed by atoms with Crippen molar-refractivity contribution in [3.05, 3.63) is 80.7 Å². The molecule has 1 aliphatic rings. The van der Waals surface area contributed by atoms with Crippen molar-refractivity contribution in [3.63, 3.8) is 0 Å². The number of hydrogen-bond acceptors (Lipinski definition) is 5. The summed E-state index contributed by atoms with van der Waals surface area (Å²) in [6, 6.07) is 13.8. The Morgan fingerprint density at radius 3 is 1.83 bits per heavy atom. The van der Waals surface area contributed by atoms with E-state index >= 15 is 0 Å². The molecule has 154 valence electrons. The summed E-state index contributed by atoms with van der Waals surface area (Å²) >= 11 is 13.2. The number of aliphatic hydroxyl groups is 2. The minimum absolute atomic E-state index is 0.353. The number of carbonyl (C=O) groups excluding carboxylic acids is 1. The van der Waals surface area contributed by atoms with Crippen molar-refractivity contribution in [2.24, 2.45) is 5.92 Å². The molecule has 7 heteroatoms. The van der Waals surface area contributed by atoms with E-state index in [-0.39, 0.29) is 0 Å². The van der Waals surface area contributed by atoms with Gasteiger partial charge in [-0.1, -0.05) is 53.5 Å². The molecule has 0 unspecified atom stereocenters. The summed E-state index contributed by atoms with van der Waals surface area (Å²) < 4.78 is 4.87. The minimum Gasteiger partial charge on any atom is -0.465 e. The third-order valence-electron chi connectivity index (χ3n) is 5.36. The lowest BCUT2D eigenvalue weighted by atomic mass is 9.74. The lowest BCUT2D eigenvalue weighted by Crippen LogP contribution is -2.45. The summed E-state index contributed by atoms with van der Waals surface area (Å²) in [4.78, 5) is 12.6. The summed E-state index contributed by atoms with van der Waals surface area (Å²) in [5, 5.41) is 23.5. The van der Waals surface area contributed by atoms with Gasteiger partial charge >= 0.3 is 5.97 Å². The van der Waals surface area contributed by atoms with Crippen molar-refractivity contribution < 1.29 is 19.7 Å². The monoisotopic (exact) mass is 452 g/mol. The second-order valence-corrected chi connectivity index (χ2v) is 9.45. The largest absolute Gasteiger partial charge is 0.465 e. The first kappa shape index (κ1) is 22.2. The molecule has 0 saturated carbocycles. The molecule has 0 aromatic heterocycles. The van der Waals surface area contributed by atoms with Crippen LogP contribution in [0.25, 0.3) is 0 Å². The van der Waals surface area contributed by atoms with Crippen molar-refractivity contribution >= 4 is 40.9 Å². The Bertz CT molecular complexity index is 921. The Hall–Kier alpha value is -1.50. The fourth-order valence-corrected chi connectivity index (χ4v) is 5.36. The lowest BCUT2D eigenvalue weighted by molar-refractivity contribution is -0.135. The maximum absolute atomic E-state index is 12.2. The average molecular weight is 453 g/mol. The number of benzene rings is 2. The Kier molecular flexibility index (Phi) is 6.37. The van der Waals surface area contributed by atoms with Crippen LogP contribution in [0, 0.1) is 5.92 Å². The molecule has 0 radical (unpaired) electrons. The number of thioether (sulfide) groups is 1. The van der Waals surface area contributed by atoms with Crippen LogP contribution in [-0.2, 0) is 20.7 Å². The molecule has 0 aliphatic carbocycles. The van der Waals surface area contributed by atoms with Crippen molar-refractivity contribution in [2.45, 2.75) is 30.3 Å². The highest BCUT2D eigenvalue weighted by Gasteiger charge is 2.51. The Labute approximate surface area is 184 Å². The molecule has 2 aromatic carbocycles. The molecule has 0 saturated heterocycles. The molecule has 4 atom stereocenters. The van der Waals surface area contributed by atoms with Gasteiger partial charge in [-0.2, -0.15) is 0 Å². The van der Waals surface area contributed by atoms with E-state index in [1.807, 2.05) is 0 Å². The Morgan fingerprint density at radius 2 is 1.38 bits per heavy atom. The van der Waals surface area contributed by atoms with Gasteiger partial charge in [-0.25, -0.2) is 4.79 Å². The highest BCUT2D eigenvalue weighted by atomic mass is 35.5. The van der Waals surface area contributed by atoms with E-state index in [9.17, 15) is 15.0 Å². The quantitative estimate of drug-likeness (QED) is 0.631. The number of rotatable bonds is 5. The van der Waals surface area contributed by atoms with Gasteiger partial charge in [0.1, 0.15) is 0 Å². The summed E-state index contributed by atoms with van der Waals surface area (Å²) in [6.07, 6.45) is 1.68. The third kappa shape index (κ3) is 4.35. The fourth-order valence-electron chi connectivity index (χ4n) is 3.57. The van der Waals surface area contributed by atoms with Gasteiger partial charge in [0.25, 0.3) is 0 Å². The van der Waals surface area contributed by atoms with E-state index in [0.717, 1.165) is 0 Å². The van der Waals surface area contributed by atoms with Crippen LogP contribution < -0.4 is 0 Å². The number of ether oxygens (including phenoxy) is 1. The van der Waals surface area contributed by atoms with E-state index < -0.39 is 28.3 Å². The van der Waals surface area contributed by atoms with Crippen LogP contribution in [-0.4, -0.2) is 28.5 Å². The third-order valence-corrected chi connectivity index (χ3v) is 7.42. The molecule has 0 spiro atoms. The standard InChI is InChI=1S/C22H22Cl2O4S/c1-21(26,13-4-8-15(23)9-5-13)17-12-18(20(25)28-3)29-19(17)22(2,27)14-6-10-16(24)11-7-14/h4-12,17,19,26-27H,1-3H3/t17-,19-,21-,22+/m1/s1. The van der Waals surface area contributed by atoms with Gasteiger partial charge in [0.15, 0.2) is 0 Å². The zero-order chi connectivity index (χ0) is 21.4. The summed E-state index contributed by atoms with van der Waals surface area (Å²) in [6.45, 7) is 3.34. The SMILES string of the molecule is COC(=O)C1=C[C@@H]([C@](C)(O)c2ccc(Cl)cc2)[C@H]([C@@](C)(O)c2ccc(Cl)cc2)S1. The highest BCUT2D eigenvalue weighted by Crippen LogP contribution is 2.52. The van der Waals surface area contributed by atoms with Crippen LogP contribution in [0.15, 0.2) is 59.5 Å². The molecule has 3 rings (SSSR count). The number of esters is 1. The maximum Gasteiger partial charge on any atom is 0.344 e. The summed E-state index contributed by atoms with van der Waals surface area (Å²) in [5.74, 6) is -1.07. The van der Waals surface area contributed by atoms with E-state index in [1.54, 1.807) is 68.5 Å². The smallest absolute Gasteiger partial charge is 0.344 e. The molecule has 1 aliphatic heterocycles. The Balaban J connectivity index is 2.06. The van der Waals surface area contributed by atoms with Gasteiger partial charge in [-0.3, -0.25) is 0 Å². The van der Waals surface area contributed by atoms with Gasteiger partial charge in [-0.15, -0.1) is 11.8 Å². The number of hydrogen-bond donors (Lipinski definition) is 2. The lowest BCUT2D eigenvalue weighted by Gasteiger charge is -2.40. The number of carbonyl (C=O) groups is 1. The Morgan fingerprint density at radius 1 is 0.931 bits per heavy atom. The molecular formula is C22H22Cl2O4S. The second-order valence-electron chi connectivity index (χ2n) is 7.40. The first-order chi connectivity index (χ1) is 13.6. The molecule has 4 nitrogen and oxygen atoms in total. The van der Waals surface area contributed by atoms with E-state index in [1.165, 1.54) is 18.9 Å².